The van der Waals surface area contributed by atoms with Gasteiger partial charge in [-0.2, -0.15) is 11.8 Å². The van der Waals surface area contributed by atoms with Gasteiger partial charge in [0.1, 0.15) is 5.75 Å². The summed E-state index contributed by atoms with van der Waals surface area (Å²) in [5.41, 5.74) is 2.02. The quantitative estimate of drug-likeness (QED) is 0.805. The predicted octanol–water partition coefficient (Wildman–Crippen LogP) is 3.25. The van der Waals surface area contributed by atoms with Gasteiger partial charge in [0.15, 0.2) is 0 Å². The number of hydrogen-bond donors (Lipinski definition) is 2. The van der Waals surface area contributed by atoms with Crippen LogP contribution in [0.3, 0.4) is 0 Å². The highest BCUT2D eigenvalue weighted by molar-refractivity contribution is 7.98. The Balaban J connectivity index is 2.87. The molecule has 0 heterocycles. The number of phenolic OH excluding ortho intramolecular Hbond substituents is 1. The van der Waals surface area contributed by atoms with Crippen molar-refractivity contribution in [2.24, 2.45) is 0 Å². The Morgan fingerprint density at radius 2 is 2.05 bits per heavy atom. The molecule has 0 spiro atoms. The van der Waals surface area contributed by atoms with Gasteiger partial charge in [0.2, 0.25) is 0 Å². The molecule has 1 aromatic carbocycles. The maximum Gasteiger partial charge on any atom is 0.122 e. The monoisotopic (exact) mass is 282 g/mol. The summed E-state index contributed by atoms with van der Waals surface area (Å²) in [7, 11) is 2.07. The van der Waals surface area contributed by atoms with Crippen LogP contribution in [0.4, 0.5) is 5.69 Å². The van der Waals surface area contributed by atoms with E-state index in [1.165, 1.54) is 0 Å². The van der Waals surface area contributed by atoms with Gasteiger partial charge in [-0.25, -0.2) is 0 Å². The summed E-state index contributed by atoms with van der Waals surface area (Å²) in [6.07, 6.45) is 2.11. The molecular formula is C15H26N2OS. The maximum absolute atomic E-state index is 10.2. The number of phenols is 1. The van der Waals surface area contributed by atoms with Crippen molar-refractivity contribution in [3.8, 4) is 5.75 Å². The van der Waals surface area contributed by atoms with Gasteiger partial charge in [0, 0.05) is 42.2 Å². The Bertz CT molecular complexity index is 398. The van der Waals surface area contributed by atoms with E-state index in [0.29, 0.717) is 11.8 Å². The third-order valence-corrected chi connectivity index (χ3v) is 4.28. The van der Waals surface area contributed by atoms with Gasteiger partial charge >= 0.3 is 0 Å². The minimum atomic E-state index is 0.174. The Hall–Kier alpha value is -0.870. The molecular weight excluding hydrogens is 256 g/mol. The third kappa shape index (κ3) is 4.32. The van der Waals surface area contributed by atoms with Crippen molar-refractivity contribution in [3.63, 3.8) is 0 Å². The number of thioether (sulfide) groups is 1. The predicted molar refractivity (Wildman–Crippen MR) is 86.4 cm³/mol. The summed E-state index contributed by atoms with van der Waals surface area (Å²) < 4.78 is 0. The van der Waals surface area contributed by atoms with Crippen molar-refractivity contribution in [2.75, 3.05) is 30.5 Å². The molecule has 108 valence electrons. The van der Waals surface area contributed by atoms with Gasteiger partial charge in [-0.1, -0.05) is 13.0 Å². The van der Waals surface area contributed by atoms with E-state index < -0.39 is 0 Å². The average molecular weight is 282 g/mol. The summed E-state index contributed by atoms with van der Waals surface area (Å²) in [6, 6.07) is 6.58. The van der Waals surface area contributed by atoms with Gasteiger partial charge in [0.25, 0.3) is 0 Å². The van der Waals surface area contributed by atoms with Crippen molar-refractivity contribution in [3.05, 3.63) is 23.8 Å². The van der Waals surface area contributed by atoms with Crippen LogP contribution < -0.4 is 10.2 Å². The van der Waals surface area contributed by atoms with Crippen LogP contribution in [0.1, 0.15) is 32.4 Å². The summed E-state index contributed by atoms with van der Waals surface area (Å²) in [5.74, 6) is 1.45. The lowest BCUT2D eigenvalue weighted by Crippen LogP contribution is -2.30. The number of nitrogens with zero attached hydrogens (tertiary/aromatic N) is 1. The number of benzene rings is 1. The molecule has 2 N–H and O–H groups in total. The van der Waals surface area contributed by atoms with Crippen LogP contribution in [-0.2, 0) is 0 Å². The standard InChI is InChI=1S/C15H26N2OS/c1-6-16-12(3)14-8-7-13(9-15(14)18)17(4)11(2)10-19-5/h7-9,11-12,16,18H,6,10H2,1-5H3. The highest BCUT2D eigenvalue weighted by Crippen LogP contribution is 2.29. The van der Waals surface area contributed by atoms with Crippen molar-refractivity contribution >= 4 is 17.4 Å². The normalized spacial score (nSPS) is 14.2. The van der Waals surface area contributed by atoms with Crippen LogP contribution in [0.25, 0.3) is 0 Å². The van der Waals surface area contributed by atoms with E-state index in [0.717, 1.165) is 23.5 Å². The number of rotatable bonds is 7. The van der Waals surface area contributed by atoms with Crippen LogP contribution in [0.15, 0.2) is 18.2 Å². The van der Waals surface area contributed by atoms with E-state index in [1.54, 1.807) is 0 Å². The molecule has 0 aliphatic rings. The highest BCUT2D eigenvalue weighted by atomic mass is 32.2. The van der Waals surface area contributed by atoms with Crippen LogP contribution in [-0.4, -0.2) is 36.7 Å². The van der Waals surface area contributed by atoms with Crippen LogP contribution >= 0.6 is 11.8 Å². The van der Waals surface area contributed by atoms with Gasteiger partial charge < -0.3 is 15.3 Å². The minimum absolute atomic E-state index is 0.174. The SMILES string of the molecule is CCNC(C)c1ccc(N(C)C(C)CSC)cc1O. The Labute approximate surface area is 121 Å². The topological polar surface area (TPSA) is 35.5 Å². The molecule has 3 nitrogen and oxygen atoms in total. The zero-order valence-corrected chi connectivity index (χ0v) is 13.4. The molecule has 1 rings (SSSR count). The fraction of sp³-hybridized carbons (Fsp3) is 0.600. The maximum atomic E-state index is 10.2. The number of nitrogens with one attached hydrogen (secondary N) is 1. The molecule has 0 amide bonds. The van der Waals surface area contributed by atoms with E-state index >= 15 is 0 Å². The Kier molecular flexibility index (Phi) is 6.52. The first kappa shape index (κ1) is 16.2. The van der Waals surface area contributed by atoms with Crippen LogP contribution in [0.5, 0.6) is 5.75 Å². The molecule has 0 aliphatic heterocycles. The highest BCUT2D eigenvalue weighted by Gasteiger charge is 2.14. The van der Waals surface area contributed by atoms with Crippen LogP contribution in [0.2, 0.25) is 0 Å². The Morgan fingerprint density at radius 3 is 2.58 bits per heavy atom. The largest absolute Gasteiger partial charge is 0.508 e. The van der Waals surface area contributed by atoms with Gasteiger partial charge in [-0.3, -0.25) is 0 Å². The van der Waals surface area contributed by atoms with Crippen molar-refractivity contribution < 1.29 is 5.11 Å². The lowest BCUT2D eigenvalue weighted by molar-refractivity contribution is 0.454. The summed E-state index contributed by atoms with van der Waals surface area (Å²) in [4.78, 5) is 2.21. The minimum Gasteiger partial charge on any atom is -0.508 e. The summed E-state index contributed by atoms with van der Waals surface area (Å²) in [5, 5.41) is 13.5. The molecule has 0 bridgehead atoms. The van der Waals surface area contributed by atoms with Crippen molar-refractivity contribution in [2.45, 2.75) is 32.9 Å². The first-order chi connectivity index (χ1) is 9.01. The molecule has 4 heteroatoms. The first-order valence-electron chi connectivity index (χ1n) is 6.79. The second-order valence-electron chi connectivity index (χ2n) is 4.94. The molecule has 0 fully saturated rings. The second-order valence-corrected chi connectivity index (χ2v) is 5.85. The summed E-state index contributed by atoms with van der Waals surface area (Å²) >= 11 is 1.84. The zero-order chi connectivity index (χ0) is 14.4. The Morgan fingerprint density at radius 1 is 1.37 bits per heavy atom. The average Bonchev–Trinajstić information content (AvgIpc) is 2.38. The van der Waals surface area contributed by atoms with Crippen LogP contribution in [0, 0.1) is 0 Å². The van der Waals surface area contributed by atoms with Crippen molar-refractivity contribution in [1.29, 1.82) is 0 Å². The zero-order valence-electron chi connectivity index (χ0n) is 12.6. The number of anilines is 1. The fourth-order valence-corrected chi connectivity index (χ4v) is 2.85. The molecule has 0 aromatic heterocycles. The van der Waals surface area contributed by atoms with Crippen molar-refractivity contribution in [1.82, 2.24) is 5.32 Å². The first-order valence-corrected chi connectivity index (χ1v) is 8.18. The summed E-state index contributed by atoms with van der Waals surface area (Å²) in [6.45, 7) is 7.23. The molecule has 2 atom stereocenters. The van der Waals surface area contributed by atoms with Gasteiger partial charge in [0.05, 0.1) is 0 Å². The number of aromatic hydroxyl groups is 1. The fourth-order valence-electron chi connectivity index (χ4n) is 2.14. The molecule has 0 aliphatic carbocycles. The second kappa shape index (κ2) is 7.65. The number of hydrogen-bond acceptors (Lipinski definition) is 4. The van der Waals surface area contributed by atoms with E-state index in [-0.39, 0.29) is 6.04 Å². The van der Waals surface area contributed by atoms with E-state index in [2.05, 4.69) is 50.4 Å². The molecule has 2 unspecified atom stereocenters. The van der Waals surface area contributed by atoms with Gasteiger partial charge in [-0.05, 0) is 32.7 Å². The lowest BCUT2D eigenvalue weighted by atomic mass is 10.1. The molecule has 0 saturated carbocycles. The van der Waals surface area contributed by atoms with E-state index in [1.807, 2.05) is 23.9 Å². The van der Waals surface area contributed by atoms with Gasteiger partial charge in [-0.15, -0.1) is 0 Å². The molecule has 19 heavy (non-hydrogen) atoms. The molecule has 0 radical (unpaired) electrons. The third-order valence-electron chi connectivity index (χ3n) is 3.47. The van der Waals surface area contributed by atoms with E-state index in [9.17, 15) is 5.11 Å². The molecule has 0 saturated heterocycles. The molecule has 1 aromatic rings. The lowest BCUT2D eigenvalue weighted by Gasteiger charge is -2.27. The van der Waals surface area contributed by atoms with E-state index in [4.69, 9.17) is 0 Å². The smallest absolute Gasteiger partial charge is 0.122 e.